The Kier molecular flexibility index (Phi) is 8.80. The molecule has 0 aliphatic carbocycles. The molecule has 0 unspecified atom stereocenters. The fourth-order valence-corrected chi connectivity index (χ4v) is 3.98. The minimum Gasteiger partial charge on any atom is -0.480 e. The van der Waals surface area contributed by atoms with Crippen molar-refractivity contribution in [2.24, 2.45) is 5.92 Å². The van der Waals surface area contributed by atoms with Gasteiger partial charge in [-0.25, -0.2) is 9.59 Å². The molecule has 0 aliphatic heterocycles. The number of amides is 2. The molecular weight excluding hydrogens is 419 g/mol. The third-order valence-electron chi connectivity index (χ3n) is 4.59. The van der Waals surface area contributed by atoms with Crippen LogP contribution in [0.15, 0.2) is 60.7 Å². The summed E-state index contributed by atoms with van der Waals surface area (Å²) in [6.07, 6.45) is -0.701. The molecule has 1 atom stereocenters. The van der Waals surface area contributed by atoms with E-state index in [4.69, 9.17) is 0 Å². The first-order valence-corrected chi connectivity index (χ1v) is 11.8. The van der Waals surface area contributed by atoms with Crippen LogP contribution in [-0.4, -0.2) is 55.6 Å². The maximum absolute atomic E-state index is 13.4. The predicted molar refractivity (Wildman–Crippen MR) is 117 cm³/mol. The highest BCUT2D eigenvalue weighted by atomic mass is 31.2. The van der Waals surface area contributed by atoms with E-state index in [1.165, 1.54) is 4.90 Å². The van der Waals surface area contributed by atoms with Gasteiger partial charge in [-0.15, -0.1) is 0 Å². The molecule has 168 valence electrons. The molecule has 2 amide bonds. The molecule has 0 aliphatic rings. The van der Waals surface area contributed by atoms with Crippen LogP contribution >= 0.6 is 7.60 Å². The van der Waals surface area contributed by atoms with Gasteiger partial charge in [-0.3, -0.25) is 4.57 Å². The Morgan fingerprint density at radius 2 is 1.45 bits per heavy atom. The molecule has 3 N–H and O–H groups in total. The molecule has 0 spiro atoms. The Morgan fingerprint density at radius 1 is 0.935 bits per heavy atom. The van der Waals surface area contributed by atoms with E-state index in [2.05, 4.69) is 0 Å². The molecular formula is C22H29N2O6P. The first kappa shape index (κ1) is 24.6. The van der Waals surface area contributed by atoms with E-state index in [1.54, 1.807) is 48.5 Å². The van der Waals surface area contributed by atoms with Crippen LogP contribution in [0.1, 0.15) is 25.0 Å². The fraction of sp³-hybridized carbons (Fsp3) is 0.364. The lowest BCUT2D eigenvalue weighted by Gasteiger charge is -2.35. The summed E-state index contributed by atoms with van der Waals surface area (Å²) in [5.41, 5.74) is 1.46. The van der Waals surface area contributed by atoms with Crippen molar-refractivity contribution in [1.29, 1.82) is 0 Å². The van der Waals surface area contributed by atoms with Gasteiger partial charge in [-0.1, -0.05) is 74.5 Å². The average molecular weight is 448 g/mol. The molecule has 9 heteroatoms. The molecule has 2 aromatic carbocycles. The lowest BCUT2D eigenvalue weighted by molar-refractivity contribution is -0.142. The monoisotopic (exact) mass is 448 g/mol. The first-order valence-electron chi connectivity index (χ1n) is 9.97. The predicted octanol–water partition coefficient (Wildman–Crippen LogP) is 3.40. The van der Waals surface area contributed by atoms with Crippen molar-refractivity contribution < 1.29 is 29.0 Å². The van der Waals surface area contributed by atoms with E-state index in [1.807, 2.05) is 26.0 Å². The van der Waals surface area contributed by atoms with Crippen LogP contribution in [0.25, 0.3) is 0 Å². The number of carboxylic acid groups (broad SMARTS) is 1. The van der Waals surface area contributed by atoms with Gasteiger partial charge < -0.3 is 24.7 Å². The number of urea groups is 1. The zero-order chi connectivity index (χ0) is 23.0. The summed E-state index contributed by atoms with van der Waals surface area (Å²) in [6, 6.07) is 16.0. The van der Waals surface area contributed by atoms with Crippen LogP contribution in [0.3, 0.4) is 0 Å². The Bertz CT molecular complexity index is 901. The molecule has 0 saturated carbocycles. The van der Waals surface area contributed by atoms with E-state index in [0.29, 0.717) is 0 Å². The molecule has 0 radical (unpaired) electrons. The lowest BCUT2D eigenvalue weighted by Crippen LogP contribution is -2.52. The third kappa shape index (κ3) is 8.17. The molecule has 0 aromatic heterocycles. The average Bonchev–Trinajstić information content (AvgIpc) is 2.69. The molecule has 0 fully saturated rings. The molecule has 2 aromatic rings. The van der Waals surface area contributed by atoms with Gasteiger partial charge in [0.2, 0.25) is 0 Å². The van der Waals surface area contributed by atoms with Gasteiger partial charge in [0, 0.05) is 19.5 Å². The second-order valence-corrected chi connectivity index (χ2v) is 9.47. The number of benzene rings is 2. The van der Waals surface area contributed by atoms with E-state index < -0.39 is 31.9 Å². The normalized spacial score (nSPS) is 12.4. The summed E-state index contributed by atoms with van der Waals surface area (Å²) in [5.74, 6) is -1.25. The van der Waals surface area contributed by atoms with Crippen LogP contribution < -0.4 is 0 Å². The molecule has 8 nitrogen and oxygen atoms in total. The largest absolute Gasteiger partial charge is 0.480 e. The highest BCUT2D eigenvalue weighted by Crippen LogP contribution is 2.36. The summed E-state index contributed by atoms with van der Waals surface area (Å²) < 4.78 is 11.7. The molecule has 2 rings (SSSR count). The quantitative estimate of drug-likeness (QED) is 0.480. The van der Waals surface area contributed by atoms with E-state index in [0.717, 1.165) is 16.0 Å². The van der Waals surface area contributed by atoms with Crippen molar-refractivity contribution in [3.63, 3.8) is 0 Å². The van der Waals surface area contributed by atoms with Crippen LogP contribution in [0.2, 0.25) is 0 Å². The van der Waals surface area contributed by atoms with Crippen LogP contribution in [0.5, 0.6) is 0 Å². The second kappa shape index (κ2) is 11.1. The maximum Gasteiger partial charge on any atom is 0.344 e. The van der Waals surface area contributed by atoms with E-state index >= 15 is 0 Å². The molecule has 0 bridgehead atoms. The number of carbonyl (C=O) groups excluding carboxylic acids is 1. The highest BCUT2D eigenvalue weighted by Gasteiger charge is 2.35. The van der Waals surface area contributed by atoms with E-state index in [-0.39, 0.29) is 25.4 Å². The minimum atomic E-state index is -4.54. The van der Waals surface area contributed by atoms with Crippen molar-refractivity contribution in [3.8, 4) is 0 Å². The fourth-order valence-electron chi connectivity index (χ4n) is 3.30. The van der Waals surface area contributed by atoms with Gasteiger partial charge in [-0.05, 0) is 17.0 Å². The molecule has 0 saturated heterocycles. The Morgan fingerprint density at radius 3 is 1.90 bits per heavy atom. The Labute approximate surface area is 182 Å². The lowest BCUT2D eigenvalue weighted by atomic mass is 10.0. The third-order valence-corrected chi connectivity index (χ3v) is 5.30. The second-order valence-electron chi connectivity index (χ2n) is 7.86. The highest BCUT2D eigenvalue weighted by molar-refractivity contribution is 7.51. The number of rotatable bonds is 10. The summed E-state index contributed by atoms with van der Waals surface area (Å²) in [6.45, 7) is 3.73. The smallest absolute Gasteiger partial charge is 0.344 e. The number of carboxylic acids is 1. The maximum atomic E-state index is 13.4. The topological polar surface area (TPSA) is 118 Å². The van der Waals surface area contributed by atoms with Crippen molar-refractivity contribution in [3.05, 3.63) is 71.8 Å². The van der Waals surface area contributed by atoms with Crippen LogP contribution in [-0.2, 0) is 22.3 Å². The molecule has 0 heterocycles. The number of hydrogen-bond acceptors (Lipinski definition) is 3. The summed E-state index contributed by atoms with van der Waals surface area (Å²) in [4.78, 5) is 46.9. The van der Waals surface area contributed by atoms with Crippen LogP contribution in [0.4, 0.5) is 4.79 Å². The number of carbonyl (C=O) groups is 2. The number of nitrogens with zero attached hydrogens (tertiary/aromatic N) is 2. The van der Waals surface area contributed by atoms with Gasteiger partial charge >= 0.3 is 19.6 Å². The minimum absolute atomic E-state index is 0.000766. The summed E-state index contributed by atoms with van der Waals surface area (Å²) >= 11 is 0. The van der Waals surface area contributed by atoms with Crippen molar-refractivity contribution in [2.45, 2.75) is 32.9 Å². The zero-order valence-corrected chi connectivity index (χ0v) is 18.6. The Balaban J connectivity index is 2.43. The van der Waals surface area contributed by atoms with Crippen LogP contribution in [0, 0.1) is 5.92 Å². The van der Waals surface area contributed by atoms with Crippen molar-refractivity contribution in [1.82, 2.24) is 9.80 Å². The Hall–Kier alpha value is -2.67. The van der Waals surface area contributed by atoms with Gasteiger partial charge in [0.1, 0.15) is 12.3 Å². The standard InChI is InChI=1S/C22H29N2O6P/c1-17(2)14-23(16-31(28,29)30)22(27)24(15-19-11-7-4-8-12-19)20(21(25)26)13-18-9-5-3-6-10-18/h3-12,17,20H,13-16H2,1-2H3,(H,25,26)(H2,28,29,30)/t20-/m0/s1. The molecule has 31 heavy (non-hydrogen) atoms. The van der Waals surface area contributed by atoms with Gasteiger partial charge in [0.05, 0.1) is 0 Å². The number of hydrogen-bond donors (Lipinski definition) is 3. The number of aliphatic carboxylic acids is 1. The summed E-state index contributed by atoms with van der Waals surface area (Å²) in [5, 5.41) is 9.96. The zero-order valence-electron chi connectivity index (χ0n) is 17.7. The van der Waals surface area contributed by atoms with Gasteiger partial charge in [0.25, 0.3) is 0 Å². The summed E-state index contributed by atoms with van der Waals surface area (Å²) in [7, 11) is -4.54. The van der Waals surface area contributed by atoms with Gasteiger partial charge in [0.15, 0.2) is 0 Å². The van der Waals surface area contributed by atoms with Crippen molar-refractivity contribution >= 4 is 19.6 Å². The van der Waals surface area contributed by atoms with Gasteiger partial charge in [-0.2, -0.15) is 0 Å². The van der Waals surface area contributed by atoms with Crippen molar-refractivity contribution in [2.75, 3.05) is 12.8 Å². The first-order chi connectivity index (χ1) is 14.6. The SMILES string of the molecule is CC(C)CN(CP(=O)(O)O)C(=O)N(Cc1ccccc1)[C@@H](Cc1ccccc1)C(=O)O. The van der Waals surface area contributed by atoms with E-state index in [9.17, 15) is 29.0 Å².